The van der Waals surface area contributed by atoms with Gasteiger partial charge in [0.15, 0.2) is 10.8 Å². The zero-order valence-electron chi connectivity index (χ0n) is 13.6. The summed E-state index contributed by atoms with van der Waals surface area (Å²) in [6.07, 6.45) is 0.699. The van der Waals surface area contributed by atoms with Crippen molar-refractivity contribution in [2.45, 2.75) is 13.0 Å². The minimum Gasteiger partial charge on any atom is -0.497 e. The summed E-state index contributed by atoms with van der Waals surface area (Å²) in [4.78, 5) is 0.777. The molecule has 0 amide bonds. The van der Waals surface area contributed by atoms with Gasteiger partial charge in [0.25, 0.3) is 0 Å². The third kappa shape index (κ3) is 3.46. The second-order valence-electron chi connectivity index (χ2n) is 5.43. The SMILES string of the molecule is COc1ccc(OCc2nn3c(Cc4ccccc4)nnc3s2)cc1. The van der Waals surface area contributed by atoms with Gasteiger partial charge in [-0.05, 0) is 29.8 Å². The lowest BCUT2D eigenvalue weighted by Crippen LogP contribution is -2.00. The van der Waals surface area contributed by atoms with E-state index in [1.807, 2.05) is 42.5 Å². The molecular weight excluding hydrogens is 336 g/mol. The summed E-state index contributed by atoms with van der Waals surface area (Å²) in [6, 6.07) is 17.7. The van der Waals surface area contributed by atoms with Crippen LogP contribution < -0.4 is 9.47 Å². The first-order chi connectivity index (χ1) is 12.3. The number of methoxy groups -OCH3 is 1. The number of hydrogen-bond acceptors (Lipinski definition) is 6. The zero-order valence-corrected chi connectivity index (χ0v) is 14.4. The first-order valence-electron chi connectivity index (χ1n) is 7.82. The second-order valence-corrected chi connectivity index (χ2v) is 6.47. The molecule has 25 heavy (non-hydrogen) atoms. The number of benzene rings is 2. The highest BCUT2D eigenvalue weighted by Gasteiger charge is 2.12. The Hall–Kier alpha value is -2.93. The van der Waals surface area contributed by atoms with Gasteiger partial charge in [-0.2, -0.15) is 9.61 Å². The summed E-state index contributed by atoms with van der Waals surface area (Å²) in [7, 11) is 1.64. The van der Waals surface area contributed by atoms with Gasteiger partial charge in [-0.1, -0.05) is 41.7 Å². The van der Waals surface area contributed by atoms with Crippen LogP contribution in [0.25, 0.3) is 4.96 Å². The molecule has 4 rings (SSSR count). The topological polar surface area (TPSA) is 61.5 Å². The molecule has 0 fully saturated rings. The molecule has 6 nitrogen and oxygen atoms in total. The number of hydrogen-bond donors (Lipinski definition) is 0. The highest BCUT2D eigenvalue weighted by molar-refractivity contribution is 7.16. The Bertz CT molecular complexity index is 964. The summed E-state index contributed by atoms with van der Waals surface area (Å²) >= 11 is 1.48. The molecule has 0 spiro atoms. The Morgan fingerprint density at radius 3 is 2.48 bits per heavy atom. The average Bonchev–Trinajstić information content (AvgIpc) is 3.23. The predicted octanol–water partition coefficient (Wildman–Crippen LogP) is 3.36. The molecule has 0 aliphatic carbocycles. The smallest absolute Gasteiger partial charge is 0.234 e. The first kappa shape index (κ1) is 15.6. The fourth-order valence-corrected chi connectivity index (χ4v) is 3.23. The van der Waals surface area contributed by atoms with E-state index in [1.54, 1.807) is 11.6 Å². The largest absolute Gasteiger partial charge is 0.497 e. The zero-order chi connectivity index (χ0) is 17.1. The minimum absolute atomic E-state index is 0.394. The Morgan fingerprint density at radius 2 is 1.72 bits per heavy atom. The quantitative estimate of drug-likeness (QED) is 0.532. The summed E-state index contributed by atoms with van der Waals surface area (Å²) in [5.41, 5.74) is 1.18. The Balaban J connectivity index is 1.47. The van der Waals surface area contributed by atoms with Crippen molar-refractivity contribution < 1.29 is 9.47 Å². The van der Waals surface area contributed by atoms with Crippen molar-refractivity contribution in [1.29, 1.82) is 0 Å². The molecule has 126 valence electrons. The van der Waals surface area contributed by atoms with Crippen molar-refractivity contribution in [3.8, 4) is 11.5 Å². The molecule has 0 N–H and O–H groups in total. The third-order valence-corrected chi connectivity index (χ3v) is 4.60. The molecule has 0 saturated heterocycles. The highest BCUT2D eigenvalue weighted by atomic mass is 32.1. The van der Waals surface area contributed by atoms with Crippen molar-refractivity contribution in [2.24, 2.45) is 0 Å². The van der Waals surface area contributed by atoms with Crippen LogP contribution in [0.4, 0.5) is 0 Å². The molecule has 4 aromatic rings. The van der Waals surface area contributed by atoms with Crippen LogP contribution in [0.3, 0.4) is 0 Å². The van der Waals surface area contributed by atoms with Crippen LogP contribution in [0, 0.1) is 0 Å². The number of fused-ring (bicyclic) bond motifs is 1. The van der Waals surface area contributed by atoms with Crippen LogP contribution in [0.2, 0.25) is 0 Å². The monoisotopic (exact) mass is 352 g/mol. The lowest BCUT2D eigenvalue weighted by molar-refractivity contribution is 0.303. The van der Waals surface area contributed by atoms with Gasteiger partial charge in [0.05, 0.1) is 7.11 Å². The molecule has 0 bridgehead atoms. The van der Waals surface area contributed by atoms with Gasteiger partial charge in [0.1, 0.15) is 18.1 Å². The van der Waals surface area contributed by atoms with Crippen LogP contribution in [0.15, 0.2) is 54.6 Å². The maximum Gasteiger partial charge on any atom is 0.234 e. The van der Waals surface area contributed by atoms with E-state index in [9.17, 15) is 0 Å². The van der Waals surface area contributed by atoms with Crippen molar-refractivity contribution in [1.82, 2.24) is 19.8 Å². The van der Waals surface area contributed by atoms with E-state index in [-0.39, 0.29) is 0 Å². The number of rotatable bonds is 6. The van der Waals surface area contributed by atoms with Gasteiger partial charge >= 0.3 is 0 Å². The molecular formula is C18H16N4O2S. The average molecular weight is 352 g/mol. The molecule has 7 heteroatoms. The van der Waals surface area contributed by atoms with Crippen LogP contribution in [0.5, 0.6) is 11.5 Å². The van der Waals surface area contributed by atoms with Crippen LogP contribution in [-0.4, -0.2) is 26.9 Å². The molecule has 0 radical (unpaired) electrons. The molecule has 2 heterocycles. The van der Waals surface area contributed by atoms with E-state index in [1.165, 1.54) is 16.9 Å². The maximum atomic E-state index is 5.78. The lowest BCUT2D eigenvalue weighted by Gasteiger charge is -2.04. The molecule has 0 aliphatic rings. The molecule has 0 saturated carbocycles. The Labute approximate surface area is 148 Å². The van der Waals surface area contributed by atoms with E-state index in [0.717, 1.165) is 27.3 Å². The fourth-order valence-electron chi connectivity index (χ4n) is 2.46. The Kier molecular flexibility index (Phi) is 4.30. The normalized spacial score (nSPS) is 10.9. The van der Waals surface area contributed by atoms with E-state index in [2.05, 4.69) is 27.4 Å². The van der Waals surface area contributed by atoms with Crippen LogP contribution in [0.1, 0.15) is 16.4 Å². The van der Waals surface area contributed by atoms with Crippen LogP contribution >= 0.6 is 11.3 Å². The summed E-state index contributed by atoms with van der Waals surface area (Å²) in [5, 5.41) is 13.9. The van der Waals surface area contributed by atoms with Gasteiger partial charge in [-0.3, -0.25) is 0 Å². The van der Waals surface area contributed by atoms with Gasteiger partial charge in [0, 0.05) is 6.42 Å². The minimum atomic E-state index is 0.394. The Morgan fingerprint density at radius 1 is 0.960 bits per heavy atom. The van der Waals surface area contributed by atoms with Crippen LogP contribution in [-0.2, 0) is 13.0 Å². The fraction of sp³-hybridized carbons (Fsp3) is 0.167. The highest BCUT2D eigenvalue weighted by Crippen LogP contribution is 2.20. The van der Waals surface area contributed by atoms with Crippen molar-refractivity contribution in [3.63, 3.8) is 0 Å². The molecule has 0 aliphatic heterocycles. The first-order valence-corrected chi connectivity index (χ1v) is 8.64. The summed E-state index contributed by atoms with van der Waals surface area (Å²) in [5.74, 6) is 2.40. The molecule has 0 atom stereocenters. The van der Waals surface area contributed by atoms with Crippen molar-refractivity contribution >= 4 is 16.3 Å². The number of nitrogens with zero attached hydrogens (tertiary/aromatic N) is 4. The number of ether oxygens (including phenoxy) is 2. The lowest BCUT2D eigenvalue weighted by atomic mass is 10.1. The molecule has 0 unspecified atom stereocenters. The second kappa shape index (κ2) is 6.90. The maximum absolute atomic E-state index is 5.78. The van der Waals surface area contributed by atoms with Crippen molar-refractivity contribution in [2.75, 3.05) is 7.11 Å². The van der Waals surface area contributed by atoms with Crippen molar-refractivity contribution in [3.05, 3.63) is 71.0 Å². The van der Waals surface area contributed by atoms with E-state index >= 15 is 0 Å². The van der Waals surface area contributed by atoms with Gasteiger partial charge in [-0.25, -0.2) is 0 Å². The van der Waals surface area contributed by atoms with E-state index in [0.29, 0.717) is 13.0 Å². The molecule has 2 aromatic heterocycles. The summed E-state index contributed by atoms with van der Waals surface area (Å²) < 4.78 is 12.7. The van der Waals surface area contributed by atoms with E-state index in [4.69, 9.17) is 9.47 Å². The summed E-state index contributed by atoms with van der Waals surface area (Å²) in [6.45, 7) is 0.394. The van der Waals surface area contributed by atoms with Gasteiger partial charge in [-0.15, -0.1) is 10.2 Å². The molecule has 2 aromatic carbocycles. The van der Waals surface area contributed by atoms with Gasteiger partial charge < -0.3 is 9.47 Å². The van der Waals surface area contributed by atoms with E-state index < -0.39 is 0 Å². The third-order valence-electron chi connectivity index (χ3n) is 3.72. The van der Waals surface area contributed by atoms with Gasteiger partial charge in [0.2, 0.25) is 4.96 Å². The number of aromatic nitrogens is 4. The standard InChI is InChI=1S/C18H16N4O2S/c1-23-14-7-9-15(10-8-14)24-12-17-21-22-16(19-20-18(22)25-17)11-13-5-3-2-4-6-13/h2-10H,11-12H2,1H3. The predicted molar refractivity (Wildman–Crippen MR) is 95.2 cm³/mol.